The Morgan fingerprint density at radius 3 is 2.32 bits per heavy atom. The van der Waals surface area contributed by atoms with Crippen molar-refractivity contribution in [2.24, 2.45) is 0 Å². The molecule has 1 aliphatic carbocycles. The van der Waals surface area contributed by atoms with Crippen molar-refractivity contribution in [1.82, 2.24) is 9.78 Å². The minimum absolute atomic E-state index is 0.186. The van der Waals surface area contributed by atoms with E-state index in [0.29, 0.717) is 11.4 Å². The molecule has 1 saturated carbocycles. The van der Waals surface area contributed by atoms with E-state index < -0.39 is 11.9 Å². The van der Waals surface area contributed by atoms with Gasteiger partial charge in [-0.25, -0.2) is 4.68 Å². The fourth-order valence-corrected chi connectivity index (χ4v) is 2.27. The summed E-state index contributed by atoms with van der Waals surface area (Å²) in [7, 11) is 0. The highest BCUT2D eigenvalue weighted by Gasteiger charge is 2.37. The number of aromatic nitrogens is 2. The minimum Gasteiger partial charge on any atom is -0.228 e. The quantitative estimate of drug-likeness (QED) is 0.798. The Hall–Kier alpha value is -1.78. The van der Waals surface area contributed by atoms with Crippen LogP contribution in [0.1, 0.15) is 36.6 Å². The van der Waals surface area contributed by atoms with E-state index in [1.807, 2.05) is 0 Å². The van der Waals surface area contributed by atoms with E-state index in [4.69, 9.17) is 0 Å². The Labute approximate surface area is 108 Å². The topological polar surface area (TPSA) is 17.8 Å². The molecule has 1 heterocycles. The fraction of sp³-hybridized carbons (Fsp3) is 0.357. The summed E-state index contributed by atoms with van der Waals surface area (Å²) in [5, 5.41) is 4.17. The Kier molecular flexibility index (Phi) is 2.84. The molecule has 0 atom stereocenters. The Bertz CT molecular complexity index is 568. The van der Waals surface area contributed by atoms with Gasteiger partial charge in [0, 0.05) is 5.92 Å². The van der Waals surface area contributed by atoms with Gasteiger partial charge in [0.25, 0.3) is 0 Å². The molecule has 0 bridgehead atoms. The molecule has 2 aromatic rings. The lowest BCUT2D eigenvalue weighted by Gasteiger charge is -2.22. The van der Waals surface area contributed by atoms with E-state index in [1.165, 1.54) is 6.07 Å². The van der Waals surface area contributed by atoms with Crippen LogP contribution in [0.2, 0.25) is 0 Å². The molecule has 0 unspecified atom stereocenters. The number of hydrogen-bond donors (Lipinski definition) is 0. The first-order valence-electron chi connectivity index (χ1n) is 6.28. The SMILES string of the molecule is FC(F)(F)c1cc(C2CCC2)nn1-c1ccccc1. The Morgan fingerprint density at radius 2 is 1.79 bits per heavy atom. The molecule has 5 heteroatoms. The first kappa shape index (κ1) is 12.3. The molecule has 0 radical (unpaired) electrons. The number of rotatable bonds is 2. The van der Waals surface area contributed by atoms with E-state index in [-0.39, 0.29) is 5.92 Å². The van der Waals surface area contributed by atoms with Crippen LogP contribution in [0, 0.1) is 0 Å². The largest absolute Gasteiger partial charge is 0.433 e. The summed E-state index contributed by atoms with van der Waals surface area (Å²) in [4.78, 5) is 0. The lowest BCUT2D eigenvalue weighted by atomic mass is 9.83. The van der Waals surface area contributed by atoms with E-state index in [1.54, 1.807) is 30.3 Å². The van der Waals surface area contributed by atoms with Gasteiger partial charge in [-0.1, -0.05) is 24.6 Å². The average molecular weight is 266 g/mol. The lowest BCUT2D eigenvalue weighted by molar-refractivity contribution is -0.142. The normalized spacial score (nSPS) is 16.4. The second-order valence-electron chi connectivity index (χ2n) is 4.83. The van der Waals surface area contributed by atoms with Gasteiger partial charge in [0.2, 0.25) is 0 Å². The lowest BCUT2D eigenvalue weighted by Crippen LogP contribution is -2.13. The molecule has 1 fully saturated rings. The summed E-state index contributed by atoms with van der Waals surface area (Å²) in [6.45, 7) is 0. The van der Waals surface area contributed by atoms with Gasteiger partial charge in [0.15, 0.2) is 0 Å². The minimum atomic E-state index is -4.38. The maximum Gasteiger partial charge on any atom is 0.433 e. The highest BCUT2D eigenvalue weighted by atomic mass is 19.4. The third-order valence-electron chi connectivity index (χ3n) is 3.54. The van der Waals surface area contributed by atoms with Gasteiger partial charge in [-0.3, -0.25) is 0 Å². The molecule has 1 aliphatic rings. The van der Waals surface area contributed by atoms with Crippen LogP contribution >= 0.6 is 0 Å². The summed E-state index contributed by atoms with van der Waals surface area (Å²) in [5.41, 5.74) is 0.309. The highest BCUT2D eigenvalue weighted by molar-refractivity contribution is 5.35. The van der Waals surface area contributed by atoms with Gasteiger partial charge < -0.3 is 0 Å². The molecule has 0 spiro atoms. The summed E-state index contributed by atoms with van der Waals surface area (Å²) in [6.07, 6.45) is -1.44. The molecule has 1 aromatic carbocycles. The van der Waals surface area contributed by atoms with E-state index in [0.717, 1.165) is 23.9 Å². The number of nitrogens with zero attached hydrogens (tertiary/aromatic N) is 2. The predicted octanol–water partition coefficient (Wildman–Crippen LogP) is 4.16. The van der Waals surface area contributed by atoms with E-state index in [2.05, 4.69) is 5.10 Å². The molecule has 100 valence electrons. The molecule has 0 amide bonds. The molecule has 2 nitrogen and oxygen atoms in total. The zero-order valence-electron chi connectivity index (χ0n) is 10.2. The highest BCUT2D eigenvalue weighted by Crippen LogP contribution is 2.39. The van der Waals surface area contributed by atoms with Crippen molar-refractivity contribution < 1.29 is 13.2 Å². The molecule has 3 rings (SSSR count). The molecular weight excluding hydrogens is 253 g/mol. The monoisotopic (exact) mass is 266 g/mol. The van der Waals surface area contributed by atoms with Crippen LogP contribution in [-0.4, -0.2) is 9.78 Å². The molecular formula is C14H13F3N2. The van der Waals surface area contributed by atoms with Crippen molar-refractivity contribution >= 4 is 0 Å². The number of hydrogen-bond acceptors (Lipinski definition) is 1. The molecule has 0 N–H and O–H groups in total. The maximum absolute atomic E-state index is 13.1. The van der Waals surface area contributed by atoms with Crippen LogP contribution in [0.4, 0.5) is 13.2 Å². The zero-order chi connectivity index (χ0) is 13.5. The first-order chi connectivity index (χ1) is 9.05. The molecule has 1 aromatic heterocycles. The van der Waals surface area contributed by atoms with Gasteiger partial charge in [0.05, 0.1) is 11.4 Å². The van der Waals surface area contributed by atoms with Crippen molar-refractivity contribution in [2.75, 3.05) is 0 Å². The summed E-state index contributed by atoms with van der Waals surface area (Å²) in [5.74, 6) is 0.186. The van der Waals surface area contributed by atoms with Crippen molar-refractivity contribution in [3.05, 3.63) is 47.8 Å². The second kappa shape index (κ2) is 4.40. The number of halogens is 3. The van der Waals surface area contributed by atoms with Crippen molar-refractivity contribution in [1.29, 1.82) is 0 Å². The number of alkyl halides is 3. The molecule has 19 heavy (non-hydrogen) atoms. The third kappa shape index (κ3) is 2.25. The second-order valence-corrected chi connectivity index (χ2v) is 4.83. The zero-order valence-corrected chi connectivity index (χ0v) is 10.2. The fourth-order valence-electron chi connectivity index (χ4n) is 2.27. The predicted molar refractivity (Wildman–Crippen MR) is 65.2 cm³/mol. The van der Waals surface area contributed by atoms with E-state index in [9.17, 15) is 13.2 Å². The molecule has 0 aliphatic heterocycles. The summed E-state index contributed by atoms with van der Waals surface area (Å²) in [6, 6.07) is 9.64. The van der Waals surface area contributed by atoms with Gasteiger partial charge in [-0.15, -0.1) is 0 Å². The Morgan fingerprint density at radius 1 is 1.11 bits per heavy atom. The first-order valence-corrected chi connectivity index (χ1v) is 6.28. The van der Waals surface area contributed by atoms with Crippen molar-refractivity contribution in [3.8, 4) is 5.69 Å². The van der Waals surface area contributed by atoms with Crippen LogP contribution in [0.25, 0.3) is 5.69 Å². The van der Waals surface area contributed by atoms with Crippen LogP contribution in [-0.2, 0) is 6.18 Å². The summed E-state index contributed by atoms with van der Waals surface area (Å²) < 4.78 is 40.2. The standard InChI is InChI=1S/C14H13F3N2/c15-14(16,17)13-9-12(10-5-4-6-10)18-19(13)11-7-2-1-3-8-11/h1-3,7-10H,4-6H2. The number of para-hydroxylation sites is 1. The third-order valence-corrected chi connectivity index (χ3v) is 3.54. The summed E-state index contributed by atoms with van der Waals surface area (Å²) >= 11 is 0. The molecule has 0 saturated heterocycles. The van der Waals surface area contributed by atoms with Gasteiger partial charge >= 0.3 is 6.18 Å². The van der Waals surface area contributed by atoms with E-state index >= 15 is 0 Å². The van der Waals surface area contributed by atoms with Gasteiger partial charge in [0.1, 0.15) is 5.69 Å². The van der Waals surface area contributed by atoms with Crippen LogP contribution < -0.4 is 0 Å². The van der Waals surface area contributed by atoms with Gasteiger partial charge in [-0.2, -0.15) is 18.3 Å². The van der Waals surface area contributed by atoms with Crippen molar-refractivity contribution in [3.63, 3.8) is 0 Å². The van der Waals surface area contributed by atoms with Gasteiger partial charge in [-0.05, 0) is 31.0 Å². The van der Waals surface area contributed by atoms with Crippen LogP contribution in [0.3, 0.4) is 0 Å². The maximum atomic E-state index is 13.1. The Balaban J connectivity index is 2.08. The number of benzene rings is 1. The van der Waals surface area contributed by atoms with Crippen LogP contribution in [0.15, 0.2) is 36.4 Å². The smallest absolute Gasteiger partial charge is 0.228 e. The van der Waals surface area contributed by atoms with Crippen LogP contribution in [0.5, 0.6) is 0 Å². The van der Waals surface area contributed by atoms with Crippen molar-refractivity contribution in [2.45, 2.75) is 31.4 Å². The average Bonchev–Trinajstić information content (AvgIpc) is 2.72.